The van der Waals surface area contributed by atoms with Crippen LogP contribution >= 0.6 is 0 Å². The minimum absolute atomic E-state index is 0.0767. The van der Waals surface area contributed by atoms with Gasteiger partial charge in [-0.05, 0) is 49.2 Å². The molecule has 20 heavy (non-hydrogen) atoms. The smallest absolute Gasteiger partial charge is 0.123 e. The Morgan fingerprint density at radius 3 is 2.40 bits per heavy atom. The molecule has 1 atom stereocenters. The molecular formula is C16H17F2NO. The topological polar surface area (TPSA) is 32.3 Å². The molecule has 2 aromatic carbocycles. The third-order valence-electron chi connectivity index (χ3n) is 3.14. The Hall–Kier alpha value is -1.94. The lowest BCUT2D eigenvalue weighted by atomic mass is 10.1. The molecule has 1 unspecified atom stereocenters. The molecule has 0 aliphatic carbocycles. The first kappa shape index (κ1) is 14.5. The third kappa shape index (κ3) is 4.03. The summed E-state index contributed by atoms with van der Waals surface area (Å²) < 4.78 is 25.9. The van der Waals surface area contributed by atoms with Crippen LogP contribution in [0, 0.1) is 11.6 Å². The van der Waals surface area contributed by atoms with Gasteiger partial charge in [0.1, 0.15) is 17.4 Å². The number of hydrogen-bond acceptors (Lipinski definition) is 2. The number of phenolic OH excluding ortho intramolecular Hbond substituents is 1. The fourth-order valence-electron chi connectivity index (χ4n) is 2.03. The SMILES string of the molecule is CC(Cc1ccc(F)cc1)NCc1cc(F)ccc1O. The Morgan fingerprint density at radius 2 is 1.70 bits per heavy atom. The van der Waals surface area contributed by atoms with E-state index in [2.05, 4.69) is 5.32 Å². The van der Waals surface area contributed by atoms with E-state index < -0.39 is 0 Å². The largest absolute Gasteiger partial charge is 0.508 e. The second-order valence-electron chi connectivity index (χ2n) is 4.89. The second kappa shape index (κ2) is 6.48. The quantitative estimate of drug-likeness (QED) is 0.878. The maximum Gasteiger partial charge on any atom is 0.123 e. The van der Waals surface area contributed by atoms with E-state index in [1.807, 2.05) is 6.92 Å². The van der Waals surface area contributed by atoms with Gasteiger partial charge in [-0.25, -0.2) is 8.78 Å². The van der Waals surface area contributed by atoms with Crippen molar-refractivity contribution in [3.8, 4) is 5.75 Å². The fraction of sp³-hybridized carbons (Fsp3) is 0.250. The van der Waals surface area contributed by atoms with Gasteiger partial charge in [-0.2, -0.15) is 0 Å². The lowest BCUT2D eigenvalue weighted by molar-refractivity contribution is 0.455. The Labute approximate surface area is 117 Å². The fourth-order valence-corrected chi connectivity index (χ4v) is 2.03. The first-order valence-electron chi connectivity index (χ1n) is 6.50. The molecular weight excluding hydrogens is 260 g/mol. The lowest BCUT2D eigenvalue weighted by Crippen LogP contribution is -2.27. The Morgan fingerprint density at radius 1 is 1.05 bits per heavy atom. The van der Waals surface area contributed by atoms with Crippen molar-refractivity contribution >= 4 is 0 Å². The van der Waals surface area contributed by atoms with E-state index in [-0.39, 0.29) is 23.4 Å². The van der Waals surface area contributed by atoms with Gasteiger partial charge in [0, 0.05) is 18.2 Å². The molecule has 0 spiro atoms. The van der Waals surface area contributed by atoms with Gasteiger partial charge in [-0.1, -0.05) is 12.1 Å². The highest BCUT2D eigenvalue weighted by molar-refractivity contribution is 5.32. The zero-order valence-electron chi connectivity index (χ0n) is 11.2. The van der Waals surface area contributed by atoms with Crippen molar-refractivity contribution in [2.24, 2.45) is 0 Å². The van der Waals surface area contributed by atoms with Crippen LogP contribution in [0.25, 0.3) is 0 Å². The first-order chi connectivity index (χ1) is 9.54. The standard InChI is InChI=1S/C16H17F2NO/c1-11(8-12-2-4-14(17)5-3-12)19-10-13-9-15(18)6-7-16(13)20/h2-7,9,11,19-20H,8,10H2,1H3. The van der Waals surface area contributed by atoms with Gasteiger partial charge in [-0.15, -0.1) is 0 Å². The molecule has 0 saturated carbocycles. The molecule has 0 aliphatic rings. The lowest BCUT2D eigenvalue weighted by Gasteiger charge is -2.14. The number of halogens is 2. The summed E-state index contributed by atoms with van der Waals surface area (Å²) in [6.45, 7) is 2.37. The summed E-state index contributed by atoms with van der Waals surface area (Å²) in [4.78, 5) is 0. The van der Waals surface area contributed by atoms with Gasteiger partial charge in [0.2, 0.25) is 0 Å². The maximum absolute atomic E-state index is 13.1. The van der Waals surface area contributed by atoms with Crippen LogP contribution in [-0.4, -0.2) is 11.1 Å². The number of phenols is 1. The molecule has 4 heteroatoms. The number of benzene rings is 2. The summed E-state index contributed by atoms with van der Waals surface area (Å²) in [7, 11) is 0. The van der Waals surface area contributed by atoms with Crippen molar-refractivity contribution in [2.45, 2.75) is 25.9 Å². The van der Waals surface area contributed by atoms with Gasteiger partial charge >= 0.3 is 0 Å². The molecule has 0 saturated heterocycles. The van der Waals surface area contributed by atoms with Crippen molar-refractivity contribution in [2.75, 3.05) is 0 Å². The average molecular weight is 277 g/mol. The molecule has 0 bridgehead atoms. The van der Waals surface area contributed by atoms with Gasteiger partial charge in [0.05, 0.1) is 0 Å². The van der Waals surface area contributed by atoms with E-state index in [1.54, 1.807) is 12.1 Å². The monoisotopic (exact) mass is 277 g/mol. The molecule has 0 fully saturated rings. The minimum atomic E-state index is -0.370. The predicted octanol–water partition coefficient (Wildman–Crippen LogP) is 3.39. The van der Waals surface area contributed by atoms with Crippen molar-refractivity contribution in [1.29, 1.82) is 0 Å². The Bertz CT molecular complexity index is 569. The number of nitrogens with one attached hydrogen (secondary N) is 1. The molecule has 2 aromatic rings. The molecule has 0 amide bonds. The second-order valence-corrected chi connectivity index (χ2v) is 4.89. The van der Waals surface area contributed by atoms with E-state index >= 15 is 0 Å². The highest BCUT2D eigenvalue weighted by Crippen LogP contribution is 2.17. The summed E-state index contributed by atoms with van der Waals surface area (Å²) >= 11 is 0. The molecule has 0 aromatic heterocycles. The van der Waals surface area contributed by atoms with Gasteiger partial charge in [-0.3, -0.25) is 0 Å². The third-order valence-corrected chi connectivity index (χ3v) is 3.14. The van der Waals surface area contributed by atoms with E-state index in [9.17, 15) is 13.9 Å². The molecule has 2 N–H and O–H groups in total. The van der Waals surface area contributed by atoms with Crippen LogP contribution in [-0.2, 0) is 13.0 Å². The predicted molar refractivity (Wildman–Crippen MR) is 74.5 cm³/mol. The Balaban J connectivity index is 1.90. The van der Waals surface area contributed by atoms with Crippen LogP contribution in [0.1, 0.15) is 18.1 Å². The number of aromatic hydroxyl groups is 1. The van der Waals surface area contributed by atoms with Crippen molar-refractivity contribution in [3.63, 3.8) is 0 Å². The van der Waals surface area contributed by atoms with Crippen molar-refractivity contribution in [3.05, 3.63) is 65.2 Å². The summed E-state index contributed by atoms with van der Waals surface area (Å²) in [6.07, 6.45) is 0.732. The van der Waals surface area contributed by atoms with Crippen molar-refractivity contribution < 1.29 is 13.9 Å². The van der Waals surface area contributed by atoms with Gasteiger partial charge in [0.25, 0.3) is 0 Å². The average Bonchev–Trinajstić information content (AvgIpc) is 2.42. The highest BCUT2D eigenvalue weighted by atomic mass is 19.1. The van der Waals surface area contributed by atoms with Crippen LogP contribution in [0.2, 0.25) is 0 Å². The van der Waals surface area contributed by atoms with E-state index in [0.717, 1.165) is 12.0 Å². The molecule has 0 aliphatic heterocycles. The normalized spacial score (nSPS) is 12.3. The van der Waals surface area contributed by atoms with Crippen LogP contribution in [0.5, 0.6) is 5.75 Å². The zero-order valence-corrected chi connectivity index (χ0v) is 11.2. The molecule has 106 valence electrons. The van der Waals surface area contributed by atoms with Crippen molar-refractivity contribution in [1.82, 2.24) is 5.32 Å². The minimum Gasteiger partial charge on any atom is -0.508 e. The number of rotatable bonds is 5. The Kier molecular flexibility index (Phi) is 4.69. The molecule has 2 rings (SSSR count). The molecule has 0 radical (unpaired) electrons. The van der Waals surface area contributed by atoms with E-state index in [0.29, 0.717) is 12.1 Å². The van der Waals surface area contributed by atoms with E-state index in [4.69, 9.17) is 0 Å². The van der Waals surface area contributed by atoms with Crippen LogP contribution in [0.3, 0.4) is 0 Å². The summed E-state index contributed by atoms with van der Waals surface area (Å²) in [5.74, 6) is -0.544. The van der Waals surface area contributed by atoms with Crippen LogP contribution in [0.15, 0.2) is 42.5 Å². The highest BCUT2D eigenvalue weighted by Gasteiger charge is 2.07. The van der Waals surface area contributed by atoms with Crippen LogP contribution in [0.4, 0.5) is 8.78 Å². The summed E-state index contributed by atoms with van der Waals surface area (Å²) in [6, 6.07) is 10.4. The molecule has 0 heterocycles. The zero-order chi connectivity index (χ0) is 14.5. The van der Waals surface area contributed by atoms with Gasteiger partial charge < -0.3 is 10.4 Å². The summed E-state index contributed by atoms with van der Waals surface area (Å²) in [5.41, 5.74) is 1.55. The van der Waals surface area contributed by atoms with Gasteiger partial charge in [0.15, 0.2) is 0 Å². The van der Waals surface area contributed by atoms with E-state index in [1.165, 1.54) is 30.3 Å². The molecule has 2 nitrogen and oxygen atoms in total. The maximum atomic E-state index is 13.1. The number of hydrogen-bond donors (Lipinski definition) is 2. The van der Waals surface area contributed by atoms with Crippen LogP contribution < -0.4 is 5.32 Å². The summed E-state index contributed by atoms with van der Waals surface area (Å²) in [5, 5.41) is 12.8. The first-order valence-corrected chi connectivity index (χ1v) is 6.50.